The van der Waals surface area contributed by atoms with Gasteiger partial charge in [0.15, 0.2) is 17.5 Å². The summed E-state index contributed by atoms with van der Waals surface area (Å²) in [7, 11) is 0. The SMILES string of the molecule is CCOC(=O)N1CCN(c2ncnc(Nc3cc(C)on3)c2N)CC1. The van der Waals surface area contributed by atoms with Gasteiger partial charge in [-0.25, -0.2) is 14.8 Å². The van der Waals surface area contributed by atoms with Crippen molar-refractivity contribution in [1.82, 2.24) is 20.0 Å². The molecule has 3 heterocycles. The lowest BCUT2D eigenvalue weighted by molar-refractivity contribution is 0.105. The van der Waals surface area contributed by atoms with Crippen LogP contribution in [-0.4, -0.2) is 58.9 Å². The van der Waals surface area contributed by atoms with Gasteiger partial charge in [0, 0.05) is 32.2 Å². The van der Waals surface area contributed by atoms with E-state index in [2.05, 4.69) is 20.4 Å². The number of nitrogens with one attached hydrogen (secondary N) is 1. The Bertz CT molecular complexity index is 740. The van der Waals surface area contributed by atoms with Gasteiger partial charge in [-0.15, -0.1) is 0 Å². The zero-order valence-corrected chi connectivity index (χ0v) is 14.2. The van der Waals surface area contributed by atoms with Crippen LogP contribution in [0.1, 0.15) is 12.7 Å². The molecule has 10 heteroatoms. The van der Waals surface area contributed by atoms with Crippen LogP contribution in [0.4, 0.5) is 27.9 Å². The molecule has 1 aliphatic rings. The summed E-state index contributed by atoms with van der Waals surface area (Å²) in [6, 6.07) is 1.75. The fourth-order valence-electron chi connectivity index (χ4n) is 2.60. The second-order valence-electron chi connectivity index (χ2n) is 5.58. The van der Waals surface area contributed by atoms with Crippen LogP contribution in [0.2, 0.25) is 0 Å². The summed E-state index contributed by atoms with van der Waals surface area (Å²) < 4.78 is 10.0. The molecule has 0 saturated carbocycles. The first kappa shape index (κ1) is 16.8. The molecule has 134 valence electrons. The lowest BCUT2D eigenvalue weighted by Gasteiger charge is -2.35. The number of hydrogen-bond donors (Lipinski definition) is 2. The molecule has 2 aromatic rings. The number of nitrogens with two attached hydrogens (primary N) is 1. The molecule has 10 nitrogen and oxygen atoms in total. The van der Waals surface area contributed by atoms with Crippen molar-refractivity contribution in [2.24, 2.45) is 0 Å². The number of rotatable bonds is 4. The van der Waals surface area contributed by atoms with Gasteiger partial charge in [-0.05, 0) is 13.8 Å². The number of nitrogens with zero attached hydrogens (tertiary/aromatic N) is 5. The summed E-state index contributed by atoms with van der Waals surface area (Å²) >= 11 is 0. The predicted octanol–water partition coefficient (Wildman–Crippen LogP) is 1.38. The normalized spacial score (nSPS) is 14.5. The summed E-state index contributed by atoms with van der Waals surface area (Å²) in [5.41, 5.74) is 6.64. The maximum atomic E-state index is 11.8. The molecule has 0 atom stereocenters. The van der Waals surface area contributed by atoms with E-state index in [1.165, 1.54) is 6.33 Å². The molecule has 0 spiro atoms. The Morgan fingerprint density at radius 1 is 1.36 bits per heavy atom. The van der Waals surface area contributed by atoms with Crippen LogP contribution in [-0.2, 0) is 4.74 Å². The Balaban J connectivity index is 1.69. The number of carbonyl (C=O) groups excluding carboxylic acids is 1. The van der Waals surface area contributed by atoms with Gasteiger partial charge < -0.3 is 30.1 Å². The van der Waals surface area contributed by atoms with Crippen LogP contribution in [0.15, 0.2) is 16.9 Å². The minimum Gasteiger partial charge on any atom is -0.450 e. The van der Waals surface area contributed by atoms with Gasteiger partial charge in [-0.3, -0.25) is 0 Å². The van der Waals surface area contributed by atoms with E-state index in [0.29, 0.717) is 61.7 Å². The van der Waals surface area contributed by atoms with Crippen molar-refractivity contribution in [3.8, 4) is 0 Å². The molecule has 0 bridgehead atoms. The van der Waals surface area contributed by atoms with Crippen molar-refractivity contribution in [2.75, 3.05) is 48.7 Å². The van der Waals surface area contributed by atoms with Crippen LogP contribution in [0.5, 0.6) is 0 Å². The van der Waals surface area contributed by atoms with E-state index in [4.69, 9.17) is 15.0 Å². The molecular weight excluding hydrogens is 326 g/mol. The van der Waals surface area contributed by atoms with Crippen LogP contribution < -0.4 is 16.0 Å². The smallest absolute Gasteiger partial charge is 0.409 e. The molecular formula is C15H21N7O3. The van der Waals surface area contributed by atoms with Gasteiger partial charge in [0.2, 0.25) is 0 Å². The highest BCUT2D eigenvalue weighted by Gasteiger charge is 2.24. The van der Waals surface area contributed by atoms with Crippen molar-refractivity contribution in [1.29, 1.82) is 0 Å². The second-order valence-corrected chi connectivity index (χ2v) is 5.58. The minimum absolute atomic E-state index is 0.290. The van der Waals surface area contributed by atoms with E-state index in [1.807, 2.05) is 4.90 Å². The molecule has 0 aromatic carbocycles. The summed E-state index contributed by atoms with van der Waals surface area (Å²) in [5.74, 6) is 2.30. The molecule has 1 fully saturated rings. The molecule has 1 saturated heterocycles. The highest BCUT2D eigenvalue weighted by atomic mass is 16.6. The third-order valence-electron chi connectivity index (χ3n) is 3.84. The van der Waals surface area contributed by atoms with Crippen molar-refractivity contribution < 1.29 is 14.1 Å². The van der Waals surface area contributed by atoms with Crippen LogP contribution in [0, 0.1) is 6.92 Å². The van der Waals surface area contributed by atoms with Gasteiger partial charge >= 0.3 is 6.09 Å². The van der Waals surface area contributed by atoms with E-state index in [0.717, 1.165) is 0 Å². The quantitative estimate of drug-likeness (QED) is 0.844. The molecule has 2 aromatic heterocycles. The number of nitrogen functional groups attached to an aromatic ring is 1. The summed E-state index contributed by atoms with van der Waals surface area (Å²) in [4.78, 5) is 23.9. The zero-order valence-electron chi connectivity index (χ0n) is 14.2. The van der Waals surface area contributed by atoms with Crippen LogP contribution in [0.25, 0.3) is 0 Å². The topological polar surface area (TPSA) is 123 Å². The lowest BCUT2D eigenvalue weighted by atomic mass is 10.3. The number of ether oxygens (including phenoxy) is 1. The number of aryl methyl sites for hydroxylation is 1. The Kier molecular flexibility index (Phi) is 4.87. The number of piperazine rings is 1. The Hall–Kier alpha value is -3.04. The first-order chi connectivity index (χ1) is 12.1. The van der Waals surface area contributed by atoms with Gasteiger partial charge in [-0.2, -0.15) is 0 Å². The van der Waals surface area contributed by atoms with E-state index < -0.39 is 0 Å². The summed E-state index contributed by atoms with van der Waals surface area (Å²) in [6.45, 7) is 6.29. The maximum Gasteiger partial charge on any atom is 0.409 e. The van der Waals surface area contributed by atoms with E-state index in [1.54, 1.807) is 24.8 Å². The van der Waals surface area contributed by atoms with Gasteiger partial charge in [0.05, 0.1) is 6.61 Å². The molecule has 1 aliphatic heterocycles. The molecule has 3 rings (SSSR count). The van der Waals surface area contributed by atoms with Gasteiger partial charge in [0.25, 0.3) is 0 Å². The Morgan fingerprint density at radius 3 is 2.76 bits per heavy atom. The number of hydrogen-bond acceptors (Lipinski definition) is 9. The van der Waals surface area contributed by atoms with Crippen LogP contribution in [0.3, 0.4) is 0 Å². The van der Waals surface area contributed by atoms with Gasteiger partial charge in [0.1, 0.15) is 17.8 Å². The molecule has 0 aliphatic carbocycles. The first-order valence-corrected chi connectivity index (χ1v) is 8.06. The zero-order chi connectivity index (χ0) is 17.8. The second kappa shape index (κ2) is 7.24. The third kappa shape index (κ3) is 3.73. The van der Waals surface area contributed by atoms with E-state index in [9.17, 15) is 4.79 Å². The summed E-state index contributed by atoms with van der Waals surface area (Å²) in [5, 5.41) is 6.89. The first-order valence-electron chi connectivity index (χ1n) is 8.06. The lowest BCUT2D eigenvalue weighted by Crippen LogP contribution is -2.49. The van der Waals surface area contributed by atoms with E-state index >= 15 is 0 Å². The molecule has 25 heavy (non-hydrogen) atoms. The van der Waals surface area contributed by atoms with Gasteiger partial charge in [-0.1, -0.05) is 5.16 Å². The minimum atomic E-state index is -0.290. The standard InChI is InChI=1S/C15H21N7O3/c1-3-24-15(23)22-6-4-21(5-7-22)14-12(16)13(17-9-18-14)19-11-8-10(2)25-20-11/h8-9H,3-7,16H2,1-2H3,(H,17,18,19,20). The molecule has 3 N–H and O–H groups in total. The predicted molar refractivity (Wildman–Crippen MR) is 91.8 cm³/mol. The number of carbonyl (C=O) groups is 1. The average molecular weight is 347 g/mol. The summed E-state index contributed by atoms with van der Waals surface area (Å²) in [6.07, 6.45) is 1.15. The maximum absolute atomic E-state index is 11.8. The monoisotopic (exact) mass is 347 g/mol. The fraction of sp³-hybridized carbons (Fsp3) is 0.467. The third-order valence-corrected chi connectivity index (χ3v) is 3.84. The Labute approximate surface area is 144 Å². The number of anilines is 4. The molecule has 0 radical (unpaired) electrons. The highest BCUT2D eigenvalue weighted by molar-refractivity contribution is 5.78. The fourth-order valence-corrected chi connectivity index (χ4v) is 2.60. The van der Waals surface area contributed by atoms with Crippen molar-refractivity contribution in [2.45, 2.75) is 13.8 Å². The number of aromatic nitrogens is 3. The Morgan fingerprint density at radius 2 is 2.12 bits per heavy atom. The molecule has 0 unspecified atom stereocenters. The largest absolute Gasteiger partial charge is 0.450 e. The van der Waals surface area contributed by atoms with Crippen LogP contribution >= 0.6 is 0 Å². The molecule has 1 amide bonds. The van der Waals surface area contributed by atoms with Crippen molar-refractivity contribution >= 4 is 29.2 Å². The average Bonchev–Trinajstić information content (AvgIpc) is 3.02. The number of amides is 1. The van der Waals surface area contributed by atoms with E-state index in [-0.39, 0.29) is 6.09 Å². The van der Waals surface area contributed by atoms with Crippen molar-refractivity contribution in [3.05, 3.63) is 18.2 Å². The highest BCUT2D eigenvalue weighted by Crippen LogP contribution is 2.28. The van der Waals surface area contributed by atoms with Crippen molar-refractivity contribution in [3.63, 3.8) is 0 Å².